The molecule has 2 saturated heterocycles. The molecule has 2 atom stereocenters. The Morgan fingerprint density at radius 2 is 1.97 bits per heavy atom. The number of anilines is 1. The second-order valence-electron chi connectivity index (χ2n) is 8.80. The predicted molar refractivity (Wildman–Crippen MR) is 127 cm³/mol. The number of urea groups is 1. The number of piperazine rings is 1. The Bertz CT molecular complexity index is 1150. The average molecular weight is 504 g/mol. The van der Waals surface area contributed by atoms with E-state index < -0.39 is 29.8 Å². The van der Waals surface area contributed by atoms with Crippen LogP contribution in [0, 0.1) is 21.7 Å². The van der Waals surface area contributed by atoms with E-state index in [1.54, 1.807) is 18.2 Å². The molecule has 0 radical (unpaired) electrons. The molecule has 0 aromatic heterocycles. The van der Waals surface area contributed by atoms with Crippen molar-refractivity contribution in [3.05, 3.63) is 69.8 Å². The number of nitro groups is 1. The van der Waals surface area contributed by atoms with Gasteiger partial charge in [-0.1, -0.05) is 18.2 Å². The molecule has 10 nitrogen and oxygen atoms in total. The fourth-order valence-electron chi connectivity index (χ4n) is 4.61. The molecule has 192 valence electrons. The van der Waals surface area contributed by atoms with Crippen LogP contribution < -0.4 is 10.2 Å². The van der Waals surface area contributed by atoms with E-state index in [1.807, 2.05) is 11.8 Å². The van der Waals surface area contributed by atoms with Gasteiger partial charge in [0.25, 0.3) is 5.69 Å². The van der Waals surface area contributed by atoms with Crippen molar-refractivity contribution in [1.29, 1.82) is 0 Å². The third kappa shape index (κ3) is 5.38. The Balaban J connectivity index is 1.27. The van der Waals surface area contributed by atoms with Crippen molar-refractivity contribution in [2.75, 3.05) is 44.2 Å². The molecule has 4 rings (SSSR count). The molecule has 1 N–H and O–H groups in total. The van der Waals surface area contributed by atoms with Crippen molar-refractivity contribution in [3.63, 3.8) is 0 Å². The maximum absolute atomic E-state index is 13.6. The first-order valence-electron chi connectivity index (χ1n) is 11.7. The normalized spacial score (nSPS) is 20.4. The number of carbonyl (C=O) groups excluding carboxylic acids is 2. The molecule has 0 saturated carbocycles. The summed E-state index contributed by atoms with van der Waals surface area (Å²) in [5, 5.41) is 14.1. The summed E-state index contributed by atoms with van der Waals surface area (Å²) >= 11 is 0. The van der Waals surface area contributed by atoms with Crippen LogP contribution in [-0.2, 0) is 4.74 Å². The lowest BCUT2D eigenvalue weighted by atomic mass is 10.1. The highest BCUT2D eigenvalue weighted by atomic mass is 19.2. The van der Waals surface area contributed by atoms with Crippen LogP contribution in [0.5, 0.6) is 0 Å². The molecule has 3 amide bonds. The van der Waals surface area contributed by atoms with E-state index in [0.717, 1.165) is 17.0 Å². The number of rotatable bonds is 7. The monoisotopic (exact) mass is 503 g/mol. The number of imide groups is 1. The van der Waals surface area contributed by atoms with Crippen molar-refractivity contribution in [1.82, 2.24) is 15.1 Å². The quantitative estimate of drug-likeness (QED) is 0.349. The van der Waals surface area contributed by atoms with E-state index in [1.165, 1.54) is 12.1 Å². The molecular weight excluding hydrogens is 476 g/mol. The zero-order valence-corrected chi connectivity index (χ0v) is 19.7. The van der Waals surface area contributed by atoms with Crippen LogP contribution in [0.4, 0.5) is 29.7 Å². The van der Waals surface area contributed by atoms with Crippen LogP contribution in [0.1, 0.15) is 24.9 Å². The third-order valence-electron chi connectivity index (χ3n) is 6.50. The number of nitrogens with zero attached hydrogens (tertiary/aromatic N) is 4. The Hall–Kier alpha value is -3.80. The largest absolute Gasteiger partial charge is 0.446 e. The first-order chi connectivity index (χ1) is 17.3. The van der Waals surface area contributed by atoms with Crippen LogP contribution in [0.2, 0.25) is 0 Å². The molecule has 2 fully saturated rings. The number of hydrogen-bond acceptors (Lipinski definition) is 7. The summed E-state index contributed by atoms with van der Waals surface area (Å²) < 4.78 is 31.9. The topological polar surface area (TPSA) is 108 Å². The molecule has 0 bridgehead atoms. The van der Waals surface area contributed by atoms with Crippen LogP contribution in [0.3, 0.4) is 0 Å². The molecular formula is C24H27F2N5O5. The molecule has 2 aliphatic rings. The highest BCUT2D eigenvalue weighted by Gasteiger charge is 2.39. The van der Waals surface area contributed by atoms with Gasteiger partial charge in [0.1, 0.15) is 18.3 Å². The van der Waals surface area contributed by atoms with Gasteiger partial charge in [-0.15, -0.1) is 0 Å². The van der Waals surface area contributed by atoms with Gasteiger partial charge >= 0.3 is 12.1 Å². The molecule has 36 heavy (non-hydrogen) atoms. The minimum absolute atomic E-state index is 0.0861. The highest BCUT2D eigenvalue weighted by molar-refractivity contribution is 5.92. The van der Waals surface area contributed by atoms with Gasteiger partial charge in [-0.25, -0.2) is 23.3 Å². The summed E-state index contributed by atoms with van der Waals surface area (Å²) in [7, 11) is 0. The first-order valence-corrected chi connectivity index (χ1v) is 11.7. The molecule has 2 aromatic carbocycles. The number of hydrogen-bond donors (Lipinski definition) is 1. The van der Waals surface area contributed by atoms with E-state index in [0.29, 0.717) is 44.8 Å². The lowest BCUT2D eigenvalue weighted by Crippen LogP contribution is -2.52. The van der Waals surface area contributed by atoms with Crippen LogP contribution >= 0.6 is 0 Å². The van der Waals surface area contributed by atoms with Crippen LogP contribution in [0.25, 0.3) is 0 Å². The summed E-state index contributed by atoms with van der Waals surface area (Å²) in [4.78, 5) is 40.9. The zero-order valence-electron chi connectivity index (χ0n) is 19.7. The van der Waals surface area contributed by atoms with Gasteiger partial charge < -0.3 is 15.0 Å². The molecule has 1 unspecified atom stereocenters. The number of carbonyl (C=O) groups is 2. The Labute approximate surface area is 206 Å². The second-order valence-corrected chi connectivity index (χ2v) is 8.80. The van der Waals surface area contributed by atoms with Crippen molar-refractivity contribution in [2.45, 2.75) is 25.4 Å². The van der Waals surface area contributed by atoms with Crippen molar-refractivity contribution in [3.8, 4) is 0 Å². The molecule has 12 heteroatoms. The van der Waals surface area contributed by atoms with Gasteiger partial charge in [-0.05, 0) is 37.1 Å². The van der Waals surface area contributed by atoms with Crippen molar-refractivity contribution in [2.24, 2.45) is 0 Å². The van der Waals surface area contributed by atoms with E-state index in [4.69, 9.17) is 4.74 Å². The van der Waals surface area contributed by atoms with Gasteiger partial charge in [0.05, 0.1) is 4.92 Å². The number of benzene rings is 2. The van der Waals surface area contributed by atoms with Crippen LogP contribution in [0.15, 0.2) is 42.5 Å². The Morgan fingerprint density at radius 1 is 1.19 bits per heavy atom. The standard InChI is InChI=1S/C24H27F2N5O5/c1-16-14-29(20-5-2-3-6-21(20)31(34)35)12-11-28(16)10-4-9-27-23(32)30-22(15-36-24(30)33)17-7-8-18(25)19(26)13-17/h2-3,5-8,13,16,22H,4,9-12,14-15H2,1H3,(H,27,32)/t16-,22?/m1/s1. The van der Waals surface area contributed by atoms with E-state index in [2.05, 4.69) is 10.2 Å². The second kappa shape index (κ2) is 10.9. The van der Waals surface area contributed by atoms with E-state index in [9.17, 15) is 28.5 Å². The molecule has 0 spiro atoms. The summed E-state index contributed by atoms with van der Waals surface area (Å²) in [5.41, 5.74) is 0.956. The maximum atomic E-state index is 13.6. The number of halogens is 2. The SMILES string of the molecule is C[C@@H]1CN(c2ccccc2[N+](=O)[O-])CCN1CCCNC(=O)N1C(=O)OCC1c1ccc(F)c(F)c1. The summed E-state index contributed by atoms with van der Waals surface area (Å²) in [6, 6.07) is 8.54. The van der Waals surface area contributed by atoms with Gasteiger partial charge in [0, 0.05) is 44.8 Å². The summed E-state index contributed by atoms with van der Waals surface area (Å²) in [6.45, 7) is 4.86. The fourth-order valence-corrected chi connectivity index (χ4v) is 4.61. The molecule has 2 heterocycles. The van der Waals surface area contributed by atoms with Gasteiger partial charge in [0.2, 0.25) is 0 Å². The number of cyclic esters (lactones) is 1. The summed E-state index contributed by atoms with van der Waals surface area (Å²) in [5.74, 6) is -2.08. The van der Waals surface area contributed by atoms with Crippen molar-refractivity contribution < 1.29 is 28.0 Å². The highest BCUT2D eigenvalue weighted by Crippen LogP contribution is 2.30. The van der Waals surface area contributed by atoms with Crippen LogP contribution in [-0.4, -0.2) is 72.2 Å². The van der Waals surface area contributed by atoms with Gasteiger partial charge in [-0.3, -0.25) is 15.0 Å². The first kappa shape index (κ1) is 25.3. The van der Waals surface area contributed by atoms with Gasteiger partial charge in [-0.2, -0.15) is 0 Å². The Morgan fingerprint density at radius 3 is 2.69 bits per heavy atom. The Kier molecular flexibility index (Phi) is 7.63. The lowest BCUT2D eigenvalue weighted by Gasteiger charge is -2.40. The minimum atomic E-state index is -1.07. The fraction of sp³-hybridized carbons (Fsp3) is 0.417. The number of ether oxygens (including phenoxy) is 1. The lowest BCUT2D eigenvalue weighted by molar-refractivity contribution is -0.384. The van der Waals surface area contributed by atoms with Gasteiger partial charge in [0.15, 0.2) is 11.6 Å². The number of nitrogens with one attached hydrogen (secondary N) is 1. The zero-order chi connectivity index (χ0) is 25.8. The van der Waals surface area contributed by atoms with E-state index in [-0.39, 0.29) is 28.8 Å². The molecule has 0 aliphatic carbocycles. The molecule has 2 aromatic rings. The average Bonchev–Trinajstić information content (AvgIpc) is 3.25. The smallest absolute Gasteiger partial charge is 0.418 e. The maximum Gasteiger partial charge on any atom is 0.418 e. The third-order valence-corrected chi connectivity index (χ3v) is 6.50. The number of para-hydroxylation sites is 2. The molecule has 2 aliphatic heterocycles. The summed E-state index contributed by atoms with van der Waals surface area (Å²) in [6.07, 6.45) is -0.234. The minimum Gasteiger partial charge on any atom is -0.446 e. The van der Waals surface area contributed by atoms with Crippen molar-refractivity contribution >= 4 is 23.5 Å². The number of nitro benzene ring substituents is 1. The van der Waals surface area contributed by atoms with E-state index >= 15 is 0 Å². The number of amides is 3. The predicted octanol–water partition coefficient (Wildman–Crippen LogP) is 3.68.